The summed E-state index contributed by atoms with van der Waals surface area (Å²) in [5, 5.41) is 6.69. The Morgan fingerprint density at radius 3 is 2.39 bits per heavy atom. The summed E-state index contributed by atoms with van der Waals surface area (Å²) in [5.74, 6) is 0.790. The average molecular weight is 243 g/mol. The van der Waals surface area contributed by atoms with Crippen LogP contribution in [0.25, 0.3) is 0 Å². The summed E-state index contributed by atoms with van der Waals surface area (Å²) in [7, 11) is 0. The second-order valence-electron chi connectivity index (χ2n) is 5.04. The fourth-order valence-corrected chi connectivity index (χ4v) is 3.07. The van der Waals surface area contributed by atoms with Crippen molar-refractivity contribution < 1.29 is 0 Å². The van der Waals surface area contributed by atoms with Crippen LogP contribution in [0.5, 0.6) is 0 Å². The summed E-state index contributed by atoms with van der Waals surface area (Å²) in [6.07, 6.45) is 5.74. The molecule has 18 heavy (non-hydrogen) atoms. The molecule has 4 heteroatoms. The van der Waals surface area contributed by atoms with Crippen LogP contribution in [-0.2, 0) is 5.41 Å². The normalized spacial score (nSPS) is 18.7. The second kappa shape index (κ2) is 4.44. The highest BCUT2D eigenvalue weighted by Gasteiger charge is 2.38. The fourth-order valence-electron chi connectivity index (χ4n) is 3.07. The number of benzene rings is 1. The van der Waals surface area contributed by atoms with Gasteiger partial charge in [0.25, 0.3) is 0 Å². The molecule has 0 saturated heterocycles. The highest BCUT2D eigenvalue weighted by atomic mass is 16.1. The van der Waals surface area contributed by atoms with Gasteiger partial charge in [-0.1, -0.05) is 49.6 Å². The van der Waals surface area contributed by atoms with Crippen molar-refractivity contribution in [2.75, 3.05) is 0 Å². The molecule has 0 spiro atoms. The number of nitrogens with one attached hydrogen (secondary N) is 2. The molecule has 1 saturated carbocycles. The van der Waals surface area contributed by atoms with Crippen LogP contribution in [0.1, 0.15) is 43.5 Å². The van der Waals surface area contributed by atoms with E-state index in [1.54, 1.807) is 0 Å². The zero-order chi connectivity index (χ0) is 12.4. The summed E-state index contributed by atoms with van der Waals surface area (Å²) in [6.45, 7) is 0. The number of hydrogen-bond acceptors (Lipinski definition) is 2. The third-order valence-electron chi connectivity index (χ3n) is 3.99. The van der Waals surface area contributed by atoms with Gasteiger partial charge in [0.15, 0.2) is 0 Å². The first-order valence-electron chi connectivity index (χ1n) is 6.52. The van der Waals surface area contributed by atoms with E-state index in [1.807, 2.05) is 6.07 Å². The van der Waals surface area contributed by atoms with Crippen molar-refractivity contribution in [3.05, 3.63) is 52.2 Å². The molecule has 0 bridgehead atoms. The molecule has 94 valence electrons. The Morgan fingerprint density at radius 2 is 1.78 bits per heavy atom. The summed E-state index contributed by atoms with van der Waals surface area (Å²) >= 11 is 0. The Bertz CT molecular complexity index is 564. The van der Waals surface area contributed by atoms with Crippen LogP contribution in [0.3, 0.4) is 0 Å². The van der Waals surface area contributed by atoms with Gasteiger partial charge < -0.3 is 0 Å². The summed E-state index contributed by atoms with van der Waals surface area (Å²) in [5.41, 5.74) is 0.928. The van der Waals surface area contributed by atoms with Crippen molar-refractivity contribution in [2.45, 2.75) is 37.5 Å². The van der Waals surface area contributed by atoms with E-state index in [1.165, 1.54) is 24.8 Å². The Labute approximate surface area is 105 Å². The van der Waals surface area contributed by atoms with Crippen LogP contribution < -0.4 is 5.69 Å². The van der Waals surface area contributed by atoms with Crippen molar-refractivity contribution in [1.29, 1.82) is 0 Å². The van der Waals surface area contributed by atoms with Crippen LogP contribution in [0.15, 0.2) is 35.1 Å². The minimum absolute atomic E-state index is 0.112. The molecule has 1 aliphatic rings. The van der Waals surface area contributed by atoms with Crippen LogP contribution in [0.4, 0.5) is 0 Å². The van der Waals surface area contributed by atoms with E-state index < -0.39 is 0 Å². The Hall–Kier alpha value is -1.84. The Balaban J connectivity index is 2.12. The smallest absolute Gasteiger partial charge is 0.292 e. The van der Waals surface area contributed by atoms with E-state index >= 15 is 0 Å². The molecule has 1 heterocycles. The maximum atomic E-state index is 11.3. The third-order valence-corrected chi connectivity index (χ3v) is 3.99. The van der Waals surface area contributed by atoms with Crippen molar-refractivity contribution >= 4 is 0 Å². The predicted octanol–water partition coefficient (Wildman–Crippen LogP) is 2.35. The minimum atomic E-state index is -0.217. The molecular weight excluding hydrogens is 226 g/mol. The molecule has 0 aliphatic heterocycles. The van der Waals surface area contributed by atoms with Crippen molar-refractivity contribution in [3.8, 4) is 0 Å². The van der Waals surface area contributed by atoms with Gasteiger partial charge in [0.1, 0.15) is 5.82 Å². The zero-order valence-electron chi connectivity index (χ0n) is 10.3. The highest BCUT2D eigenvalue weighted by Crippen LogP contribution is 2.42. The van der Waals surface area contributed by atoms with E-state index in [2.05, 4.69) is 39.4 Å². The fraction of sp³-hybridized carbons (Fsp3) is 0.429. The van der Waals surface area contributed by atoms with E-state index in [0.29, 0.717) is 0 Å². The maximum Gasteiger partial charge on any atom is 0.340 e. The van der Waals surface area contributed by atoms with Gasteiger partial charge in [-0.2, -0.15) is 5.10 Å². The average Bonchev–Trinajstić information content (AvgIpc) is 2.88. The first-order valence-corrected chi connectivity index (χ1v) is 6.52. The molecule has 0 atom stereocenters. The van der Waals surface area contributed by atoms with E-state index in [0.717, 1.165) is 18.7 Å². The lowest BCUT2D eigenvalue weighted by Crippen LogP contribution is -2.32. The lowest BCUT2D eigenvalue weighted by Gasteiger charge is -2.35. The quantitative estimate of drug-likeness (QED) is 0.850. The predicted molar refractivity (Wildman–Crippen MR) is 69.5 cm³/mol. The molecule has 1 fully saturated rings. The van der Waals surface area contributed by atoms with Gasteiger partial charge in [0.05, 0.1) is 5.41 Å². The van der Waals surface area contributed by atoms with E-state index in [4.69, 9.17) is 0 Å². The van der Waals surface area contributed by atoms with Crippen LogP contribution in [0, 0.1) is 0 Å². The number of aromatic nitrogens is 3. The second-order valence-corrected chi connectivity index (χ2v) is 5.04. The third kappa shape index (κ3) is 1.78. The van der Waals surface area contributed by atoms with E-state index in [9.17, 15) is 4.79 Å². The number of rotatable bonds is 2. The lowest BCUT2D eigenvalue weighted by molar-refractivity contribution is 0.331. The molecule has 1 aromatic heterocycles. The molecule has 0 radical (unpaired) electrons. The van der Waals surface area contributed by atoms with Gasteiger partial charge in [-0.3, -0.25) is 4.98 Å². The Morgan fingerprint density at radius 1 is 1.06 bits per heavy atom. The molecule has 2 N–H and O–H groups in total. The molecule has 1 aromatic carbocycles. The molecule has 1 aliphatic carbocycles. The first kappa shape index (κ1) is 11.3. The largest absolute Gasteiger partial charge is 0.340 e. The molecule has 2 aromatic rings. The summed E-state index contributed by atoms with van der Waals surface area (Å²) in [4.78, 5) is 14.2. The number of nitrogens with zero attached hydrogens (tertiary/aromatic N) is 1. The van der Waals surface area contributed by atoms with Crippen molar-refractivity contribution in [3.63, 3.8) is 0 Å². The SMILES string of the molecule is O=c1[nH]nc(C2(c3ccccc3)CCCCC2)[nH]1. The minimum Gasteiger partial charge on any atom is -0.292 e. The van der Waals surface area contributed by atoms with Gasteiger partial charge in [-0.15, -0.1) is 0 Å². The first-order chi connectivity index (χ1) is 8.81. The lowest BCUT2D eigenvalue weighted by atomic mass is 9.69. The van der Waals surface area contributed by atoms with Crippen LogP contribution >= 0.6 is 0 Å². The molecule has 3 rings (SSSR count). The highest BCUT2D eigenvalue weighted by molar-refractivity contribution is 5.33. The van der Waals surface area contributed by atoms with Gasteiger partial charge in [-0.05, 0) is 18.4 Å². The molecule has 0 unspecified atom stereocenters. The molecule has 4 nitrogen and oxygen atoms in total. The van der Waals surface area contributed by atoms with Gasteiger partial charge in [0, 0.05) is 0 Å². The maximum absolute atomic E-state index is 11.3. The number of H-pyrrole nitrogens is 2. The van der Waals surface area contributed by atoms with Crippen LogP contribution in [-0.4, -0.2) is 15.2 Å². The van der Waals surface area contributed by atoms with Gasteiger partial charge >= 0.3 is 5.69 Å². The zero-order valence-corrected chi connectivity index (χ0v) is 10.3. The van der Waals surface area contributed by atoms with Gasteiger partial charge in [0.2, 0.25) is 0 Å². The Kier molecular flexibility index (Phi) is 2.78. The molecular formula is C14H17N3O. The van der Waals surface area contributed by atoms with Crippen LogP contribution in [0.2, 0.25) is 0 Å². The summed E-state index contributed by atoms with van der Waals surface area (Å²) in [6, 6.07) is 10.4. The van der Waals surface area contributed by atoms with E-state index in [-0.39, 0.29) is 11.1 Å². The monoisotopic (exact) mass is 243 g/mol. The van der Waals surface area contributed by atoms with Crippen molar-refractivity contribution in [2.24, 2.45) is 0 Å². The summed E-state index contributed by atoms with van der Waals surface area (Å²) < 4.78 is 0. The molecule has 0 amide bonds. The van der Waals surface area contributed by atoms with Crippen molar-refractivity contribution in [1.82, 2.24) is 15.2 Å². The standard InChI is InChI=1S/C14H17N3O/c18-13-15-12(16-17-13)14(9-5-2-6-10-14)11-7-3-1-4-8-11/h1,3-4,7-8H,2,5-6,9-10H2,(H2,15,16,17,18). The number of aromatic amines is 2. The topological polar surface area (TPSA) is 61.5 Å². The van der Waals surface area contributed by atoms with Gasteiger partial charge in [-0.25, -0.2) is 9.89 Å². The number of hydrogen-bond donors (Lipinski definition) is 2.